The van der Waals surface area contributed by atoms with Crippen molar-refractivity contribution < 1.29 is 19.2 Å². The Morgan fingerprint density at radius 3 is 1.79 bits per heavy atom. The molecule has 122 valence electrons. The van der Waals surface area contributed by atoms with Gasteiger partial charge in [0, 0.05) is 11.1 Å². The highest BCUT2D eigenvalue weighted by atomic mass is 16.2. The number of imide groups is 1. The highest BCUT2D eigenvalue weighted by Gasteiger charge is 2.30. The fourth-order valence-corrected chi connectivity index (χ4v) is 1.82. The van der Waals surface area contributed by atoms with Crippen molar-refractivity contribution in [3.05, 3.63) is 71.8 Å². The number of hydrogen-bond acceptors (Lipinski definition) is 5. The van der Waals surface area contributed by atoms with E-state index in [1.54, 1.807) is 41.8 Å². The molecule has 0 spiro atoms. The van der Waals surface area contributed by atoms with Crippen LogP contribution in [0.3, 0.4) is 0 Å². The highest BCUT2D eigenvalue weighted by molar-refractivity contribution is 6.38. The zero-order valence-electron chi connectivity index (χ0n) is 12.4. The molecule has 8 nitrogen and oxygen atoms in total. The number of nitrogens with two attached hydrogens (primary N) is 1. The number of benzene rings is 2. The summed E-state index contributed by atoms with van der Waals surface area (Å²) in [5.41, 5.74) is 4.08. The van der Waals surface area contributed by atoms with Crippen LogP contribution in [0.5, 0.6) is 0 Å². The summed E-state index contributed by atoms with van der Waals surface area (Å²) in [4.78, 5) is 48.2. The lowest BCUT2D eigenvalue weighted by atomic mass is 10.2. The third kappa shape index (κ3) is 3.81. The quantitative estimate of drug-likeness (QED) is 0.310. The zero-order chi connectivity index (χ0) is 17.5. The summed E-state index contributed by atoms with van der Waals surface area (Å²) in [6, 6.07) is 15.7. The average molecular weight is 326 g/mol. The first kappa shape index (κ1) is 16.8. The molecule has 0 saturated heterocycles. The molecular formula is C16H14N4O4. The van der Waals surface area contributed by atoms with Crippen molar-refractivity contribution in [1.29, 1.82) is 0 Å². The summed E-state index contributed by atoms with van der Waals surface area (Å²) >= 11 is 0. The van der Waals surface area contributed by atoms with Crippen LogP contribution < -0.4 is 16.7 Å². The van der Waals surface area contributed by atoms with E-state index in [-0.39, 0.29) is 11.1 Å². The molecule has 24 heavy (non-hydrogen) atoms. The normalized spacial score (nSPS) is 9.71. The molecule has 8 heteroatoms. The summed E-state index contributed by atoms with van der Waals surface area (Å²) in [5.74, 6) is 0.777. The van der Waals surface area contributed by atoms with Crippen LogP contribution in [-0.4, -0.2) is 28.6 Å². The molecule has 0 fully saturated rings. The van der Waals surface area contributed by atoms with Crippen molar-refractivity contribution >= 4 is 23.6 Å². The Kier molecular flexibility index (Phi) is 5.37. The topological polar surface area (TPSA) is 122 Å². The van der Waals surface area contributed by atoms with Crippen molar-refractivity contribution in [3.8, 4) is 0 Å². The summed E-state index contributed by atoms with van der Waals surface area (Å²) in [5, 5.41) is 0.326. The van der Waals surface area contributed by atoms with Crippen molar-refractivity contribution in [2.24, 2.45) is 5.84 Å². The predicted molar refractivity (Wildman–Crippen MR) is 83.9 cm³/mol. The van der Waals surface area contributed by atoms with Crippen LogP contribution in [0.4, 0.5) is 0 Å². The predicted octanol–water partition coefficient (Wildman–Crippen LogP) is -0.00970. The van der Waals surface area contributed by atoms with E-state index in [0.29, 0.717) is 5.01 Å². The Morgan fingerprint density at radius 1 is 0.792 bits per heavy atom. The average Bonchev–Trinajstić information content (AvgIpc) is 2.65. The van der Waals surface area contributed by atoms with Gasteiger partial charge in [-0.05, 0) is 24.3 Å². The van der Waals surface area contributed by atoms with Gasteiger partial charge in [-0.1, -0.05) is 36.4 Å². The molecule has 4 N–H and O–H groups in total. The zero-order valence-corrected chi connectivity index (χ0v) is 12.4. The lowest BCUT2D eigenvalue weighted by Crippen LogP contribution is -2.55. The molecule has 0 aromatic heterocycles. The smallest absolute Gasteiger partial charge is 0.286 e. The van der Waals surface area contributed by atoms with Gasteiger partial charge in [0.2, 0.25) is 0 Å². The Labute approximate surface area is 137 Å². The molecule has 0 saturated carbocycles. The maximum absolute atomic E-state index is 12.4. The lowest BCUT2D eigenvalue weighted by Gasteiger charge is -2.20. The number of nitrogens with one attached hydrogen (secondary N) is 2. The lowest BCUT2D eigenvalue weighted by molar-refractivity contribution is -0.145. The van der Waals surface area contributed by atoms with Crippen LogP contribution in [0.15, 0.2) is 60.7 Å². The van der Waals surface area contributed by atoms with Gasteiger partial charge in [-0.15, -0.1) is 0 Å². The van der Waals surface area contributed by atoms with Gasteiger partial charge >= 0.3 is 11.8 Å². The van der Waals surface area contributed by atoms with Crippen LogP contribution in [0.2, 0.25) is 0 Å². The van der Waals surface area contributed by atoms with Crippen LogP contribution in [0.25, 0.3) is 0 Å². The van der Waals surface area contributed by atoms with E-state index in [1.807, 2.05) is 0 Å². The minimum atomic E-state index is -1.31. The number of nitrogens with zero attached hydrogens (tertiary/aromatic N) is 1. The summed E-state index contributed by atoms with van der Waals surface area (Å²) in [7, 11) is 0. The SMILES string of the molecule is NNC(=O)C(=O)N(NC(=O)c1ccccc1)C(=O)c1ccccc1. The van der Waals surface area contributed by atoms with Crippen LogP contribution in [0, 0.1) is 0 Å². The van der Waals surface area contributed by atoms with Gasteiger partial charge in [0.25, 0.3) is 11.8 Å². The highest BCUT2D eigenvalue weighted by Crippen LogP contribution is 2.05. The van der Waals surface area contributed by atoms with E-state index in [1.165, 1.54) is 24.3 Å². The largest absolute Gasteiger partial charge is 0.339 e. The standard InChI is InChI=1S/C16H14N4O4/c17-18-14(22)16(24)20(15(23)12-9-5-2-6-10-12)19-13(21)11-7-3-1-4-8-11/h1-10H,17H2,(H,18,22)(H,19,21). The van der Waals surface area contributed by atoms with Gasteiger partial charge in [-0.3, -0.25) is 30.0 Å². The first-order valence-electron chi connectivity index (χ1n) is 6.85. The number of carbonyl (C=O) groups is 4. The van der Waals surface area contributed by atoms with E-state index in [0.717, 1.165) is 0 Å². The van der Waals surface area contributed by atoms with E-state index in [4.69, 9.17) is 5.84 Å². The van der Waals surface area contributed by atoms with Crippen LogP contribution in [-0.2, 0) is 9.59 Å². The maximum atomic E-state index is 12.4. The molecule has 0 unspecified atom stereocenters. The fraction of sp³-hybridized carbons (Fsp3) is 0. The molecule has 2 rings (SSSR count). The van der Waals surface area contributed by atoms with E-state index < -0.39 is 23.6 Å². The van der Waals surface area contributed by atoms with Crippen molar-refractivity contribution in [2.45, 2.75) is 0 Å². The molecule has 2 aromatic rings. The summed E-state index contributed by atoms with van der Waals surface area (Å²) in [6.45, 7) is 0. The van der Waals surface area contributed by atoms with Gasteiger partial charge in [0.05, 0.1) is 0 Å². The fourth-order valence-electron chi connectivity index (χ4n) is 1.82. The van der Waals surface area contributed by atoms with E-state index >= 15 is 0 Å². The second-order valence-corrected chi connectivity index (χ2v) is 4.59. The molecule has 0 aliphatic carbocycles. The number of hydrogen-bond donors (Lipinski definition) is 3. The first-order chi connectivity index (χ1) is 11.5. The van der Waals surface area contributed by atoms with Crippen molar-refractivity contribution in [2.75, 3.05) is 0 Å². The van der Waals surface area contributed by atoms with Crippen LogP contribution >= 0.6 is 0 Å². The second kappa shape index (κ2) is 7.65. The molecule has 0 bridgehead atoms. The molecule has 4 amide bonds. The number of hydrazine groups is 2. The van der Waals surface area contributed by atoms with Crippen molar-refractivity contribution in [3.63, 3.8) is 0 Å². The molecule has 0 aliphatic rings. The minimum Gasteiger partial charge on any atom is -0.286 e. The molecule has 0 atom stereocenters. The number of rotatable bonds is 2. The maximum Gasteiger partial charge on any atom is 0.339 e. The van der Waals surface area contributed by atoms with E-state index in [9.17, 15) is 19.2 Å². The summed E-state index contributed by atoms with van der Waals surface area (Å²) < 4.78 is 0. The molecule has 0 radical (unpaired) electrons. The second-order valence-electron chi connectivity index (χ2n) is 4.59. The molecular weight excluding hydrogens is 312 g/mol. The van der Waals surface area contributed by atoms with Gasteiger partial charge < -0.3 is 0 Å². The Bertz CT molecular complexity index is 762. The number of amides is 4. The Morgan fingerprint density at radius 2 is 1.29 bits per heavy atom. The van der Waals surface area contributed by atoms with Gasteiger partial charge in [-0.25, -0.2) is 5.84 Å². The molecule has 2 aromatic carbocycles. The Hall–Kier alpha value is -3.52. The summed E-state index contributed by atoms with van der Waals surface area (Å²) in [6.07, 6.45) is 0. The van der Waals surface area contributed by atoms with Gasteiger partial charge in [0.1, 0.15) is 0 Å². The monoisotopic (exact) mass is 326 g/mol. The minimum absolute atomic E-state index is 0.115. The molecule has 0 heterocycles. The first-order valence-corrected chi connectivity index (χ1v) is 6.85. The van der Waals surface area contributed by atoms with Crippen molar-refractivity contribution in [1.82, 2.24) is 15.9 Å². The van der Waals surface area contributed by atoms with E-state index in [2.05, 4.69) is 5.43 Å². The third-order valence-corrected chi connectivity index (χ3v) is 3.00. The Balaban J connectivity index is 2.30. The van der Waals surface area contributed by atoms with Gasteiger partial charge in [-0.2, -0.15) is 5.01 Å². The molecule has 0 aliphatic heterocycles. The third-order valence-electron chi connectivity index (χ3n) is 3.00. The van der Waals surface area contributed by atoms with Gasteiger partial charge in [0.15, 0.2) is 0 Å². The van der Waals surface area contributed by atoms with Crippen LogP contribution in [0.1, 0.15) is 20.7 Å². The number of carbonyl (C=O) groups excluding carboxylic acids is 4.